The number of carbonyl (C=O) groups is 1. The fraction of sp³-hybridized carbons (Fsp3) is 0.0588. The van der Waals surface area contributed by atoms with Crippen LogP contribution in [0.3, 0.4) is 0 Å². The molecule has 4 nitrogen and oxygen atoms in total. The molecule has 0 aliphatic carbocycles. The number of carbonyl (C=O) groups excluding carboxylic acids is 1. The van der Waals surface area contributed by atoms with Gasteiger partial charge in [-0.25, -0.2) is 4.98 Å². The normalized spacial score (nSPS) is 16.4. The van der Waals surface area contributed by atoms with Gasteiger partial charge in [-0.3, -0.25) is 4.79 Å². The van der Waals surface area contributed by atoms with E-state index in [0.717, 1.165) is 22.0 Å². The molecule has 23 heavy (non-hydrogen) atoms. The molecule has 1 amide bonds. The molecule has 2 aromatic carbocycles. The minimum Gasteiger partial charge on any atom is -0.360 e. The van der Waals surface area contributed by atoms with Crippen molar-refractivity contribution in [1.82, 2.24) is 10.3 Å². The Bertz CT molecular complexity index is 876. The van der Waals surface area contributed by atoms with Crippen molar-refractivity contribution in [2.45, 2.75) is 6.17 Å². The van der Waals surface area contributed by atoms with Crippen molar-refractivity contribution < 1.29 is 4.79 Å². The van der Waals surface area contributed by atoms with Gasteiger partial charge in [-0.05, 0) is 24.3 Å². The predicted octanol–water partition coefficient (Wildman–Crippen LogP) is 4.32. The lowest BCUT2D eigenvalue weighted by molar-refractivity contribution is 0.0935. The van der Waals surface area contributed by atoms with Gasteiger partial charge in [-0.2, -0.15) is 0 Å². The van der Waals surface area contributed by atoms with Gasteiger partial charge in [0.05, 0.1) is 11.3 Å². The molecule has 1 atom stereocenters. The van der Waals surface area contributed by atoms with Crippen LogP contribution in [0.5, 0.6) is 0 Å². The van der Waals surface area contributed by atoms with Gasteiger partial charge < -0.3 is 10.6 Å². The van der Waals surface area contributed by atoms with Gasteiger partial charge in [0.2, 0.25) is 0 Å². The van der Waals surface area contributed by atoms with Crippen LogP contribution in [-0.2, 0) is 0 Å². The number of nitrogens with one attached hydrogen (secondary N) is 2. The molecule has 1 aliphatic rings. The first-order valence-corrected chi connectivity index (χ1v) is 8.34. The molecule has 0 unspecified atom stereocenters. The van der Waals surface area contributed by atoms with E-state index in [9.17, 15) is 4.79 Å². The highest BCUT2D eigenvalue weighted by molar-refractivity contribution is 7.13. The largest absolute Gasteiger partial charge is 0.360 e. The Labute approximate surface area is 142 Å². The minimum absolute atomic E-state index is 0.0922. The Hall–Kier alpha value is -2.37. The summed E-state index contributed by atoms with van der Waals surface area (Å²) in [7, 11) is 0. The second-order valence-corrected chi connectivity index (χ2v) is 6.48. The summed E-state index contributed by atoms with van der Waals surface area (Å²) in [6, 6.07) is 15.0. The Morgan fingerprint density at radius 3 is 2.65 bits per heavy atom. The highest BCUT2D eigenvalue weighted by atomic mass is 35.5. The lowest BCUT2D eigenvalue weighted by Gasteiger charge is -2.26. The molecule has 0 fully saturated rings. The van der Waals surface area contributed by atoms with Crippen molar-refractivity contribution >= 4 is 34.5 Å². The number of para-hydroxylation sites is 1. The van der Waals surface area contributed by atoms with E-state index in [2.05, 4.69) is 15.6 Å². The molecule has 4 rings (SSSR count). The van der Waals surface area contributed by atoms with Gasteiger partial charge in [0, 0.05) is 21.7 Å². The summed E-state index contributed by atoms with van der Waals surface area (Å²) in [5, 5.41) is 9.79. The van der Waals surface area contributed by atoms with E-state index in [1.165, 1.54) is 11.3 Å². The van der Waals surface area contributed by atoms with Crippen LogP contribution in [0, 0.1) is 0 Å². The van der Waals surface area contributed by atoms with Gasteiger partial charge in [-0.1, -0.05) is 35.9 Å². The first-order chi connectivity index (χ1) is 11.2. The van der Waals surface area contributed by atoms with Crippen molar-refractivity contribution in [3.05, 3.63) is 70.2 Å². The minimum atomic E-state index is -0.324. The maximum Gasteiger partial charge on any atom is 0.255 e. The summed E-state index contributed by atoms with van der Waals surface area (Å²) in [4.78, 5) is 16.8. The fourth-order valence-corrected chi connectivity index (χ4v) is 3.48. The molecule has 2 heterocycles. The second kappa shape index (κ2) is 5.68. The zero-order valence-corrected chi connectivity index (χ0v) is 13.5. The quantitative estimate of drug-likeness (QED) is 0.730. The number of aromatic nitrogens is 1. The average molecular weight is 342 g/mol. The molecule has 0 saturated carbocycles. The van der Waals surface area contributed by atoms with E-state index in [4.69, 9.17) is 11.6 Å². The lowest BCUT2D eigenvalue weighted by Crippen LogP contribution is -2.38. The number of anilines is 1. The first kappa shape index (κ1) is 14.2. The van der Waals surface area contributed by atoms with E-state index >= 15 is 0 Å². The third kappa shape index (κ3) is 2.69. The van der Waals surface area contributed by atoms with Crippen LogP contribution in [0.4, 0.5) is 5.69 Å². The number of rotatable bonds is 2. The summed E-state index contributed by atoms with van der Waals surface area (Å²) in [6.07, 6.45) is -0.324. The summed E-state index contributed by atoms with van der Waals surface area (Å²) in [6.45, 7) is 0. The zero-order valence-electron chi connectivity index (χ0n) is 11.9. The maximum absolute atomic E-state index is 12.2. The number of hydrogen-bond acceptors (Lipinski definition) is 4. The van der Waals surface area contributed by atoms with Crippen LogP contribution in [-0.4, -0.2) is 10.9 Å². The zero-order chi connectivity index (χ0) is 15.8. The highest BCUT2D eigenvalue weighted by Crippen LogP contribution is 2.30. The van der Waals surface area contributed by atoms with E-state index in [1.807, 2.05) is 47.8 Å². The SMILES string of the molecule is O=C1N[C@@H](c2csc(-c3ccc(Cl)cc3)n2)Nc2ccccc21. The number of nitrogens with zero attached hydrogens (tertiary/aromatic N) is 1. The topological polar surface area (TPSA) is 54.0 Å². The number of fused-ring (bicyclic) bond motifs is 1. The van der Waals surface area contributed by atoms with E-state index < -0.39 is 0 Å². The summed E-state index contributed by atoms with van der Waals surface area (Å²) in [5.41, 5.74) is 3.27. The molecule has 6 heteroatoms. The molecule has 1 aliphatic heterocycles. The van der Waals surface area contributed by atoms with Crippen molar-refractivity contribution in [3.8, 4) is 10.6 Å². The number of hydrogen-bond donors (Lipinski definition) is 2. The van der Waals surface area contributed by atoms with Gasteiger partial charge in [0.1, 0.15) is 11.2 Å². The Morgan fingerprint density at radius 2 is 1.83 bits per heavy atom. The molecule has 114 valence electrons. The molecule has 0 bridgehead atoms. The van der Waals surface area contributed by atoms with Gasteiger partial charge in [0.25, 0.3) is 5.91 Å². The molecular formula is C17H12ClN3OS. The molecule has 0 radical (unpaired) electrons. The van der Waals surface area contributed by atoms with Crippen LogP contribution >= 0.6 is 22.9 Å². The highest BCUT2D eigenvalue weighted by Gasteiger charge is 2.25. The third-order valence-electron chi connectivity index (χ3n) is 3.66. The van der Waals surface area contributed by atoms with Gasteiger partial charge >= 0.3 is 0 Å². The van der Waals surface area contributed by atoms with E-state index in [-0.39, 0.29) is 12.1 Å². The van der Waals surface area contributed by atoms with Crippen molar-refractivity contribution in [2.24, 2.45) is 0 Å². The Balaban J connectivity index is 1.63. The number of thiazole rings is 1. The van der Waals surface area contributed by atoms with Crippen LogP contribution in [0.1, 0.15) is 22.2 Å². The Kier molecular flexibility index (Phi) is 3.52. The Morgan fingerprint density at radius 1 is 1.04 bits per heavy atom. The summed E-state index contributed by atoms with van der Waals surface area (Å²) < 4.78 is 0. The van der Waals surface area contributed by atoms with E-state index in [0.29, 0.717) is 10.6 Å². The third-order valence-corrected chi connectivity index (χ3v) is 4.82. The first-order valence-electron chi connectivity index (χ1n) is 7.08. The molecule has 2 N–H and O–H groups in total. The van der Waals surface area contributed by atoms with Gasteiger partial charge in [-0.15, -0.1) is 11.3 Å². The fourth-order valence-electron chi connectivity index (χ4n) is 2.50. The predicted molar refractivity (Wildman–Crippen MR) is 92.8 cm³/mol. The van der Waals surface area contributed by atoms with Crippen molar-refractivity contribution in [2.75, 3.05) is 5.32 Å². The standard InChI is InChI=1S/C17H12ClN3OS/c18-11-7-5-10(6-8-11)17-20-14(9-23-17)15-19-13-4-2-1-3-12(13)16(22)21-15/h1-9,15,19H,(H,21,22)/t15-/m0/s1. The smallest absolute Gasteiger partial charge is 0.255 e. The molecule has 0 spiro atoms. The van der Waals surface area contributed by atoms with Crippen LogP contribution in [0.15, 0.2) is 53.9 Å². The molecular weight excluding hydrogens is 330 g/mol. The monoisotopic (exact) mass is 341 g/mol. The van der Waals surface area contributed by atoms with Crippen molar-refractivity contribution in [3.63, 3.8) is 0 Å². The number of amides is 1. The van der Waals surface area contributed by atoms with Crippen molar-refractivity contribution in [1.29, 1.82) is 0 Å². The van der Waals surface area contributed by atoms with E-state index in [1.54, 1.807) is 6.07 Å². The second-order valence-electron chi connectivity index (χ2n) is 5.18. The van der Waals surface area contributed by atoms with Crippen LogP contribution in [0.2, 0.25) is 5.02 Å². The maximum atomic E-state index is 12.2. The van der Waals surface area contributed by atoms with Crippen LogP contribution in [0.25, 0.3) is 10.6 Å². The van der Waals surface area contributed by atoms with Gasteiger partial charge in [0.15, 0.2) is 0 Å². The molecule has 1 aromatic heterocycles. The number of halogens is 1. The average Bonchev–Trinajstić information content (AvgIpc) is 3.05. The summed E-state index contributed by atoms with van der Waals surface area (Å²) in [5.74, 6) is -0.0922. The summed E-state index contributed by atoms with van der Waals surface area (Å²) >= 11 is 7.45. The molecule has 3 aromatic rings. The van der Waals surface area contributed by atoms with Crippen LogP contribution < -0.4 is 10.6 Å². The lowest BCUT2D eigenvalue weighted by atomic mass is 10.1. The number of benzene rings is 2. The molecule has 0 saturated heterocycles.